The fourth-order valence-corrected chi connectivity index (χ4v) is 2.84. The molecule has 1 aliphatic rings. The van der Waals surface area contributed by atoms with Crippen molar-refractivity contribution >= 4 is 11.9 Å². The van der Waals surface area contributed by atoms with Gasteiger partial charge in [-0.05, 0) is 51.0 Å². The number of esters is 2. The first kappa shape index (κ1) is 19.9. The Hall–Kier alpha value is -2.84. The number of halogens is 2. The van der Waals surface area contributed by atoms with Crippen LogP contribution in [-0.4, -0.2) is 32.5 Å². The van der Waals surface area contributed by atoms with Gasteiger partial charge in [-0.1, -0.05) is 5.21 Å². The molecular formula is C19H21F2N3O4. The normalized spacial score (nSPS) is 18.6. The van der Waals surface area contributed by atoms with Crippen molar-refractivity contribution in [2.75, 3.05) is 0 Å². The summed E-state index contributed by atoms with van der Waals surface area (Å²) in [5, 5.41) is 7.63. The van der Waals surface area contributed by atoms with E-state index in [0.717, 1.165) is 18.2 Å². The van der Waals surface area contributed by atoms with Gasteiger partial charge in [0.2, 0.25) is 0 Å². The molecule has 2 atom stereocenters. The minimum absolute atomic E-state index is 0.109. The van der Waals surface area contributed by atoms with E-state index in [0.29, 0.717) is 12.1 Å². The van der Waals surface area contributed by atoms with Gasteiger partial charge in [0.15, 0.2) is 0 Å². The topological polar surface area (TPSA) is 83.3 Å². The molecular weight excluding hydrogens is 372 g/mol. The van der Waals surface area contributed by atoms with Crippen LogP contribution in [0.2, 0.25) is 0 Å². The summed E-state index contributed by atoms with van der Waals surface area (Å²) in [6, 6.07) is 3.19. The highest BCUT2D eigenvalue weighted by molar-refractivity contribution is 5.77. The molecule has 0 aliphatic heterocycles. The van der Waals surface area contributed by atoms with E-state index in [1.165, 1.54) is 10.9 Å². The molecule has 1 aliphatic carbocycles. The van der Waals surface area contributed by atoms with Gasteiger partial charge in [0.05, 0.1) is 12.1 Å². The number of ether oxygens (including phenoxy) is 2. The number of aromatic nitrogens is 3. The van der Waals surface area contributed by atoms with Crippen LogP contribution < -0.4 is 0 Å². The first-order valence-corrected chi connectivity index (χ1v) is 8.85. The van der Waals surface area contributed by atoms with Crippen molar-refractivity contribution in [3.63, 3.8) is 0 Å². The molecule has 7 nitrogen and oxygen atoms in total. The molecule has 28 heavy (non-hydrogen) atoms. The first-order valence-electron chi connectivity index (χ1n) is 8.85. The largest absolute Gasteiger partial charge is 0.459 e. The van der Waals surface area contributed by atoms with E-state index in [1.807, 2.05) is 0 Å². The number of benzene rings is 1. The van der Waals surface area contributed by atoms with Crippen LogP contribution >= 0.6 is 0 Å². The Kier molecular flexibility index (Phi) is 5.44. The number of hydrogen-bond donors (Lipinski definition) is 0. The number of hydrogen-bond acceptors (Lipinski definition) is 6. The average Bonchev–Trinajstić information content (AvgIpc) is 3.26. The average molecular weight is 393 g/mol. The minimum atomic E-state index is -0.599. The Morgan fingerprint density at radius 1 is 1.29 bits per heavy atom. The van der Waals surface area contributed by atoms with Crippen LogP contribution in [0, 0.1) is 17.6 Å². The first-order chi connectivity index (χ1) is 13.1. The van der Waals surface area contributed by atoms with E-state index in [1.54, 1.807) is 20.8 Å². The molecule has 0 N–H and O–H groups in total. The summed E-state index contributed by atoms with van der Waals surface area (Å²) in [7, 11) is 0. The van der Waals surface area contributed by atoms with Crippen molar-refractivity contribution < 1.29 is 27.8 Å². The highest BCUT2D eigenvalue weighted by atomic mass is 19.1. The zero-order valence-corrected chi connectivity index (χ0v) is 15.8. The predicted octanol–water partition coefficient (Wildman–Crippen LogP) is 2.74. The fourth-order valence-electron chi connectivity index (χ4n) is 2.84. The second-order valence-corrected chi connectivity index (χ2v) is 7.72. The molecule has 0 amide bonds. The summed E-state index contributed by atoms with van der Waals surface area (Å²) in [6.07, 6.45) is 1.89. The van der Waals surface area contributed by atoms with Crippen LogP contribution in [-0.2, 0) is 32.2 Å². The minimum Gasteiger partial charge on any atom is -0.459 e. The maximum atomic E-state index is 13.8. The smallest absolute Gasteiger partial charge is 0.328 e. The molecule has 1 aromatic carbocycles. The Bertz CT molecular complexity index is 892. The summed E-state index contributed by atoms with van der Waals surface area (Å²) in [6.45, 7) is 5.05. The molecule has 2 unspecified atom stereocenters. The zero-order chi connectivity index (χ0) is 20.5. The van der Waals surface area contributed by atoms with Gasteiger partial charge in [-0.2, -0.15) is 0 Å². The third-order valence-electron chi connectivity index (χ3n) is 4.11. The van der Waals surface area contributed by atoms with Crippen LogP contribution in [0.25, 0.3) is 0 Å². The molecule has 9 heteroatoms. The lowest BCUT2D eigenvalue weighted by Gasteiger charge is -2.19. The molecule has 0 saturated heterocycles. The zero-order valence-electron chi connectivity index (χ0n) is 15.8. The van der Waals surface area contributed by atoms with Crippen molar-refractivity contribution in [2.24, 2.45) is 5.92 Å². The highest BCUT2D eigenvalue weighted by Crippen LogP contribution is 2.49. The standard InChI is InChI=1S/C19H21F2N3O4/c1-19(2,3)28-17(25)9-24-8-12(22-23-24)10-27-18(26)15-7-13(15)14-6-11(20)4-5-16(14)21/h4-6,8,13,15H,7,9-10H2,1-3H3. The van der Waals surface area contributed by atoms with Gasteiger partial charge in [-0.3, -0.25) is 9.59 Å². The SMILES string of the molecule is CC(C)(C)OC(=O)Cn1cc(COC(=O)C2CC2c2cc(F)ccc2F)nn1. The van der Waals surface area contributed by atoms with Gasteiger partial charge < -0.3 is 9.47 Å². The summed E-state index contributed by atoms with van der Waals surface area (Å²) in [5.41, 5.74) is -0.0471. The van der Waals surface area contributed by atoms with Crippen LogP contribution in [0.15, 0.2) is 24.4 Å². The number of carbonyl (C=O) groups excluding carboxylic acids is 2. The molecule has 1 aromatic heterocycles. The van der Waals surface area contributed by atoms with Crippen LogP contribution in [0.4, 0.5) is 8.78 Å². The van der Waals surface area contributed by atoms with E-state index in [-0.39, 0.29) is 24.6 Å². The van der Waals surface area contributed by atoms with Gasteiger partial charge in [-0.15, -0.1) is 5.10 Å². The lowest BCUT2D eigenvalue weighted by atomic mass is 10.1. The summed E-state index contributed by atoms with van der Waals surface area (Å²) in [4.78, 5) is 23.9. The molecule has 1 saturated carbocycles. The highest BCUT2D eigenvalue weighted by Gasteiger charge is 2.46. The van der Waals surface area contributed by atoms with E-state index < -0.39 is 35.1 Å². The lowest BCUT2D eigenvalue weighted by Crippen LogP contribution is -2.26. The maximum Gasteiger partial charge on any atom is 0.328 e. The number of rotatable bonds is 6. The number of carbonyl (C=O) groups is 2. The molecule has 0 spiro atoms. The lowest BCUT2D eigenvalue weighted by molar-refractivity contribution is -0.155. The maximum absolute atomic E-state index is 13.8. The Balaban J connectivity index is 1.49. The predicted molar refractivity (Wildman–Crippen MR) is 92.9 cm³/mol. The second-order valence-electron chi connectivity index (χ2n) is 7.72. The molecule has 1 fully saturated rings. The van der Waals surface area contributed by atoms with Crippen molar-refractivity contribution in [1.29, 1.82) is 0 Å². The van der Waals surface area contributed by atoms with Crippen LogP contribution in [0.5, 0.6) is 0 Å². The summed E-state index contributed by atoms with van der Waals surface area (Å²) < 4.78 is 38.7. The van der Waals surface area contributed by atoms with Gasteiger partial charge in [0.1, 0.15) is 36.1 Å². The van der Waals surface area contributed by atoms with E-state index in [2.05, 4.69) is 10.3 Å². The molecule has 3 rings (SSSR count). The van der Waals surface area contributed by atoms with Crippen molar-refractivity contribution in [1.82, 2.24) is 15.0 Å². The number of nitrogens with zero attached hydrogens (tertiary/aromatic N) is 3. The quantitative estimate of drug-likeness (QED) is 0.702. The van der Waals surface area contributed by atoms with Crippen LogP contribution in [0.1, 0.15) is 44.4 Å². The van der Waals surface area contributed by atoms with E-state index >= 15 is 0 Å². The monoisotopic (exact) mass is 393 g/mol. The van der Waals surface area contributed by atoms with Gasteiger partial charge in [0.25, 0.3) is 0 Å². The van der Waals surface area contributed by atoms with E-state index in [4.69, 9.17) is 9.47 Å². The Morgan fingerprint density at radius 3 is 2.75 bits per heavy atom. The van der Waals surface area contributed by atoms with Gasteiger partial charge in [-0.25, -0.2) is 13.5 Å². The van der Waals surface area contributed by atoms with Crippen molar-refractivity contribution in [3.8, 4) is 0 Å². The third-order valence-corrected chi connectivity index (χ3v) is 4.11. The fraction of sp³-hybridized carbons (Fsp3) is 0.474. The molecule has 150 valence electrons. The van der Waals surface area contributed by atoms with Crippen molar-refractivity contribution in [3.05, 3.63) is 47.3 Å². The van der Waals surface area contributed by atoms with Gasteiger partial charge in [0, 0.05) is 5.92 Å². The molecule has 0 bridgehead atoms. The second kappa shape index (κ2) is 7.65. The Morgan fingerprint density at radius 2 is 2.04 bits per heavy atom. The molecule has 2 aromatic rings. The van der Waals surface area contributed by atoms with Gasteiger partial charge >= 0.3 is 11.9 Å². The third kappa shape index (κ3) is 5.11. The summed E-state index contributed by atoms with van der Waals surface area (Å²) in [5.74, 6) is -2.93. The molecule has 1 heterocycles. The Labute approximate surface area is 160 Å². The molecule has 0 radical (unpaired) electrons. The van der Waals surface area contributed by atoms with Crippen molar-refractivity contribution in [2.45, 2.75) is 51.9 Å². The van der Waals surface area contributed by atoms with Crippen LogP contribution in [0.3, 0.4) is 0 Å². The van der Waals surface area contributed by atoms with E-state index in [9.17, 15) is 18.4 Å². The summed E-state index contributed by atoms with van der Waals surface area (Å²) >= 11 is 0.